The molecule has 136 valence electrons. The molecule has 3 aromatic rings. The highest BCUT2D eigenvalue weighted by Crippen LogP contribution is 2.50. The van der Waals surface area contributed by atoms with Crippen LogP contribution in [0.5, 0.6) is 0 Å². The Labute approximate surface area is 162 Å². The van der Waals surface area contributed by atoms with Gasteiger partial charge in [0.05, 0.1) is 18.1 Å². The molecule has 3 N–H and O–H groups in total. The summed E-state index contributed by atoms with van der Waals surface area (Å²) in [5.74, 6) is 5.86. The smallest absolute Gasteiger partial charge is 0.0702 e. The molecule has 0 saturated carbocycles. The van der Waals surface area contributed by atoms with Gasteiger partial charge in [-0.3, -0.25) is 0 Å². The van der Waals surface area contributed by atoms with E-state index in [0.717, 1.165) is 23.4 Å². The van der Waals surface area contributed by atoms with E-state index < -0.39 is 0 Å². The molecule has 27 heavy (non-hydrogen) atoms. The minimum absolute atomic E-state index is 0.296. The highest BCUT2D eigenvalue weighted by atomic mass is 32.2. The van der Waals surface area contributed by atoms with Crippen LogP contribution in [0, 0.1) is 5.92 Å². The molecule has 2 aliphatic rings. The van der Waals surface area contributed by atoms with Crippen LogP contribution in [0.25, 0.3) is 10.8 Å². The van der Waals surface area contributed by atoms with Gasteiger partial charge in [0.25, 0.3) is 0 Å². The lowest BCUT2D eigenvalue weighted by Gasteiger charge is -2.37. The number of nitrogens with one attached hydrogen (secondary N) is 1. The number of allylic oxidation sites excluding steroid dienone is 2. The fourth-order valence-electron chi connectivity index (χ4n) is 4.41. The Kier molecular flexibility index (Phi) is 4.38. The van der Waals surface area contributed by atoms with E-state index in [1.165, 1.54) is 27.6 Å². The van der Waals surface area contributed by atoms with Gasteiger partial charge in [-0.05, 0) is 58.5 Å². The number of fused-ring (bicyclic) bond motifs is 4. The summed E-state index contributed by atoms with van der Waals surface area (Å²) in [7, 11) is 0. The van der Waals surface area contributed by atoms with Crippen molar-refractivity contribution in [2.24, 2.45) is 11.8 Å². The van der Waals surface area contributed by atoms with E-state index in [1.54, 1.807) is 0 Å². The Balaban J connectivity index is 1.52. The highest BCUT2D eigenvalue weighted by molar-refractivity contribution is 7.94. The van der Waals surface area contributed by atoms with Gasteiger partial charge in [-0.25, -0.2) is 0 Å². The maximum absolute atomic E-state index is 4.96. The van der Waals surface area contributed by atoms with Crippen molar-refractivity contribution >= 4 is 28.5 Å². The molecular weight excluding hydrogens is 356 g/mol. The summed E-state index contributed by atoms with van der Waals surface area (Å²) in [5, 5.41) is 6.35. The molecule has 0 aromatic heterocycles. The minimum atomic E-state index is 0.296. The normalized spacial score (nSPS) is 23.1. The summed E-state index contributed by atoms with van der Waals surface area (Å²) < 4.78 is 4.81. The first-order valence-corrected chi connectivity index (χ1v) is 9.83. The third-order valence-electron chi connectivity index (χ3n) is 5.64. The van der Waals surface area contributed by atoms with Crippen molar-refractivity contribution in [3.63, 3.8) is 0 Å². The van der Waals surface area contributed by atoms with E-state index in [2.05, 4.69) is 77.1 Å². The first kappa shape index (κ1) is 16.8. The van der Waals surface area contributed by atoms with Gasteiger partial charge in [0.15, 0.2) is 0 Å². The zero-order valence-electron chi connectivity index (χ0n) is 14.7. The van der Waals surface area contributed by atoms with E-state index in [4.69, 9.17) is 10.2 Å². The number of hydrogen-bond donors (Lipinski definition) is 2. The Hall–Kier alpha value is -2.31. The largest absolute Gasteiger partial charge is 0.378 e. The monoisotopic (exact) mass is 376 g/mol. The summed E-state index contributed by atoms with van der Waals surface area (Å²) >= 11 is 1.13. The van der Waals surface area contributed by atoms with Crippen molar-refractivity contribution < 1.29 is 9.32 Å². The Morgan fingerprint density at radius 2 is 1.89 bits per heavy atom. The summed E-state index contributed by atoms with van der Waals surface area (Å²) in [6, 6.07) is 21.9. The average molecular weight is 376 g/mol. The van der Waals surface area contributed by atoms with E-state index in [-0.39, 0.29) is 0 Å². The maximum atomic E-state index is 4.96. The molecule has 0 amide bonds. The Bertz CT molecular complexity index is 1020. The van der Waals surface area contributed by atoms with Gasteiger partial charge in [-0.2, -0.15) is 5.90 Å². The van der Waals surface area contributed by atoms with Gasteiger partial charge in [-0.1, -0.05) is 48.6 Å². The molecule has 5 rings (SSSR count). The zero-order valence-corrected chi connectivity index (χ0v) is 15.5. The number of benzene rings is 3. The fraction of sp³-hybridized carbons (Fsp3) is 0.182. The molecule has 1 aliphatic carbocycles. The first-order chi connectivity index (χ1) is 13.3. The van der Waals surface area contributed by atoms with Gasteiger partial charge >= 0.3 is 0 Å². The van der Waals surface area contributed by atoms with Crippen molar-refractivity contribution in [3.05, 3.63) is 83.9 Å². The Morgan fingerprint density at radius 3 is 2.78 bits per heavy atom. The first-order valence-electron chi connectivity index (χ1n) is 9.09. The van der Waals surface area contributed by atoms with Crippen LogP contribution in [0.2, 0.25) is 0 Å². The zero-order chi connectivity index (χ0) is 18.2. The lowest BCUT2D eigenvalue weighted by Crippen LogP contribution is -2.29. The molecule has 0 spiro atoms. The molecule has 0 radical (unpaired) electrons. The summed E-state index contributed by atoms with van der Waals surface area (Å²) in [6.07, 6.45) is 5.72. The van der Waals surface area contributed by atoms with Gasteiger partial charge in [0.1, 0.15) is 0 Å². The molecule has 0 fully saturated rings. The summed E-state index contributed by atoms with van der Waals surface area (Å²) in [5.41, 5.74) is 3.83. The molecule has 4 nitrogen and oxygen atoms in total. The maximum Gasteiger partial charge on any atom is 0.0702 e. The summed E-state index contributed by atoms with van der Waals surface area (Å²) in [4.78, 5) is 5.20. The summed E-state index contributed by atoms with van der Waals surface area (Å²) in [6.45, 7) is 0. The van der Waals surface area contributed by atoms with Crippen molar-refractivity contribution in [1.82, 2.24) is 0 Å². The van der Waals surface area contributed by atoms with Gasteiger partial charge in [0.2, 0.25) is 0 Å². The SMILES string of the molecule is NOOSc1ccc2c(c1)[C@@H]1C=CC[C@@H]1[C@H](c1ccc3ccccc3c1)N2. The lowest BCUT2D eigenvalue weighted by atomic mass is 9.77. The second-order valence-corrected chi connectivity index (χ2v) is 7.85. The molecule has 1 heterocycles. The van der Waals surface area contributed by atoms with Crippen LogP contribution in [-0.2, 0) is 9.32 Å². The lowest BCUT2D eigenvalue weighted by molar-refractivity contribution is -0.195. The molecular formula is C22H20N2O2S. The van der Waals surface area contributed by atoms with E-state index in [1.807, 2.05) is 6.07 Å². The van der Waals surface area contributed by atoms with Crippen molar-refractivity contribution in [3.8, 4) is 0 Å². The van der Waals surface area contributed by atoms with Crippen molar-refractivity contribution in [2.45, 2.75) is 23.3 Å². The van der Waals surface area contributed by atoms with E-state index >= 15 is 0 Å². The van der Waals surface area contributed by atoms with Crippen LogP contribution in [0.1, 0.15) is 29.5 Å². The van der Waals surface area contributed by atoms with Crippen LogP contribution in [-0.4, -0.2) is 0 Å². The van der Waals surface area contributed by atoms with Crippen LogP contribution in [0.15, 0.2) is 77.7 Å². The van der Waals surface area contributed by atoms with Gasteiger partial charge in [-0.15, -0.1) is 9.32 Å². The van der Waals surface area contributed by atoms with Crippen molar-refractivity contribution in [2.75, 3.05) is 5.32 Å². The molecule has 1 aliphatic heterocycles. The van der Waals surface area contributed by atoms with Gasteiger partial charge in [0, 0.05) is 16.5 Å². The second-order valence-electron chi connectivity index (χ2n) is 7.08. The third kappa shape index (κ3) is 3.03. The molecule has 3 aromatic carbocycles. The number of rotatable bonds is 4. The van der Waals surface area contributed by atoms with Crippen LogP contribution < -0.4 is 11.2 Å². The number of nitrogens with two attached hydrogens (primary N) is 1. The minimum Gasteiger partial charge on any atom is -0.378 e. The molecule has 0 bridgehead atoms. The molecule has 0 unspecified atom stereocenters. The number of anilines is 1. The second kappa shape index (κ2) is 7.02. The van der Waals surface area contributed by atoms with Gasteiger partial charge < -0.3 is 5.32 Å². The predicted octanol–water partition coefficient (Wildman–Crippen LogP) is 5.50. The number of hydrogen-bond acceptors (Lipinski definition) is 5. The van der Waals surface area contributed by atoms with Crippen LogP contribution in [0.3, 0.4) is 0 Å². The Morgan fingerprint density at radius 1 is 1.00 bits per heavy atom. The van der Waals surface area contributed by atoms with Crippen molar-refractivity contribution in [1.29, 1.82) is 0 Å². The van der Waals surface area contributed by atoms with E-state index in [0.29, 0.717) is 17.9 Å². The fourth-order valence-corrected chi connectivity index (χ4v) is 4.83. The topological polar surface area (TPSA) is 56.5 Å². The molecule has 0 saturated heterocycles. The molecule has 5 heteroatoms. The highest BCUT2D eigenvalue weighted by Gasteiger charge is 2.38. The van der Waals surface area contributed by atoms with Crippen LogP contribution in [0.4, 0.5) is 5.69 Å². The quantitative estimate of drug-likeness (QED) is 0.273. The van der Waals surface area contributed by atoms with Crippen LogP contribution >= 0.6 is 12.0 Å². The van der Waals surface area contributed by atoms with E-state index in [9.17, 15) is 0 Å². The molecule has 3 atom stereocenters. The average Bonchev–Trinajstić information content (AvgIpc) is 3.21. The predicted molar refractivity (Wildman–Crippen MR) is 109 cm³/mol. The third-order valence-corrected chi connectivity index (χ3v) is 6.23. The standard InChI is InChI=1S/C22H20N2O2S/c23-25-26-27-17-10-11-21-20(13-17)18-6-3-7-19(18)22(24-21)16-9-8-14-4-1-2-5-15(14)12-16/h1-6,8-13,18-19,22,24H,7,23H2/t18-,19+,22+/m1/s1.